The molecule has 0 bridgehead atoms. The van der Waals surface area contributed by atoms with Gasteiger partial charge in [-0.3, -0.25) is 4.90 Å². The number of rotatable bonds is 6. The van der Waals surface area contributed by atoms with E-state index in [-0.39, 0.29) is 23.0 Å². The number of nitrogens with one attached hydrogen (secondary N) is 1. The summed E-state index contributed by atoms with van der Waals surface area (Å²) in [4.78, 5) is 2.27. The average Bonchev–Trinajstić information content (AvgIpc) is 2.75. The number of sulfonamides is 1. The van der Waals surface area contributed by atoms with Crippen molar-refractivity contribution in [2.45, 2.75) is 29.9 Å². The summed E-state index contributed by atoms with van der Waals surface area (Å²) < 4.78 is 41.3. The Morgan fingerprint density at radius 2 is 1.39 bits per heavy atom. The zero-order chi connectivity index (χ0) is 22.2. The van der Waals surface area contributed by atoms with E-state index in [1.165, 1.54) is 12.1 Å². The van der Waals surface area contributed by atoms with Gasteiger partial charge < -0.3 is 0 Å². The van der Waals surface area contributed by atoms with Gasteiger partial charge in [0.25, 0.3) is 0 Å². The second-order valence-electron chi connectivity index (χ2n) is 7.62. The van der Waals surface area contributed by atoms with Crippen molar-refractivity contribution in [3.63, 3.8) is 0 Å². The molecule has 4 rings (SSSR count). The number of hydrogen-bond acceptors (Lipinski definition) is 3. The van der Waals surface area contributed by atoms with Crippen LogP contribution in [0, 0.1) is 5.82 Å². The van der Waals surface area contributed by atoms with Gasteiger partial charge in [0, 0.05) is 22.6 Å². The molecule has 3 aromatic rings. The molecule has 1 heterocycles. The summed E-state index contributed by atoms with van der Waals surface area (Å²) in [6.45, 7) is 2.51. The van der Waals surface area contributed by atoms with Gasteiger partial charge in [-0.15, -0.1) is 0 Å². The quantitative estimate of drug-likeness (QED) is 0.524. The van der Waals surface area contributed by atoms with Gasteiger partial charge in [0.05, 0.1) is 17.0 Å². The highest BCUT2D eigenvalue weighted by molar-refractivity contribution is 7.89. The summed E-state index contributed by atoms with van der Waals surface area (Å²) in [6.07, 6.45) is 0. The van der Waals surface area contributed by atoms with Gasteiger partial charge in [0.2, 0.25) is 10.0 Å². The minimum Gasteiger partial charge on any atom is -0.286 e. The third-order valence-corrected chi connectivity index (χ3v) is 7.66. The van der Waals surface area contributed by atoms with Crippen LogP contribution in [0.15, 0.2) is 77.7 Å². The number of nitrogens with zero attached hydrogens (tertiary/aromatic N) is 1. The van der Waals surface area contributed by atoms with Crippen LogP contribution in [0.5, 0.6) is 0 Å². The molecule has 2 atom stereocenters. The highest BCUT2D eigenvalue weighted by Gasteiger charge is 2.42. The molecular weight excluding hydrogens is 458 g/mol. The number of hydrogen-bond donors (Lipinski definition) is 1. The van der Waals surface area contributed by atoms with Gasteiger partial charge in [0.1, 0.15) is 5.82 Å². The van der Waals surface area contributed by atoms with E-state index in [0.29, 0.717) is 16.6 Å². The molecule has 1 aliphatic heterocycles. The Labute approximate surface area is 191 Å². The minimum atomic E-state index is -3.74. The number of likely N-dealkylation sites (tertiary alicyclic amines) is 1. The maximum atomic E-state index is 13.2. The molecule has 0 radical (unpaired) electrons. The fourth-order valence-electron chi connectivity index (χ4n) is 3.86. The third-order valence-electron chi connectivity index (χ3n) is 5.65. The van der Waals surface area contributed by atoms with Crippen molar-refractivity contribution in [2.24, 2.45) is 0 Å². The van der Waals surface area contributed by atoms with Gasteiger partial charge in [-0.2, -0.15) is 0 Å². The third kappa shape index (κ3) is 4.78. The summed E-state index contributed by atoms with van der Waals surface area (Å²) in [5.74, 6) is -0.476. The molecule has 0 amide bonds. The highest BCUT2D eigenvalue weighted by atomic mass is 35.5. The first-order chi connectivity index (χ1) is 14.7. The largest absolute Gasteiger partial charge is 0.286 e. The molecule has 0 aliphatic carbocycles. The van der Waals surface area contributed by atoms with E-state index in [1.807, 2.05) is 55.5 Å². The van der Waals surface area contributed by atoms with Crippen LogP contribution in [0.4, 0.5) is 4.39 Å². The molecule has 0 unspecified atom stereocenters. The molecule has 1 fully saturated rings. The first kappa shape index (κ1) is 22.2. The number of benzene rings is 3. The molecule has 162 valence electrons. The molecule has 0 saturated carbocycles. The molecule has 8 heteroatoms. The maximum absolute atomic E-state index is 13.2. The Balaban J connectivity index is 1.56. The Bertz CT molecular complexity index is 1110. The SMILES string of the molecule is C[C@H]1[C@H](NS(=O)(=O)c2ccc(F)cc2)CN1C(c1ccc(Cl)cc1)c1ccc(Cl)cc1. The molecule has 1 aliphatic rings. The van der Waals surface area contributed by atoms with Crippen LogP contribution in [0.3, 0.4) is 0 Å². The number of halogens is 3. The van der Waals surface area contributed by atoms with Gasteiger partial charge >= 0.3 is 0 Å². The van der Waals surface area contributed by atoms with E-state index in [4.69, 9.17) is 23.2 Å². The van der Waals surface area contributed by atoms with Crippen LogP contribution >= 0.6 is 23.2 Å². The second kappa shape index (κ2) is 8.88. The normalized spacial score (nSPS) is 19.4. The van der Waals surface area contributed by atoms with Crippen molar-refractivity contribution in [3.8, 4) is 0 Å². The lowest BCUT2D eigenvalue weighted by Gasteiger charge is -2.50. The smallest absolute Gasteiger partial charge is 0.240 e. The summed E-state index contributed by atoms with van der Waals surface area (Å²) in [6, 6.07) is 19.7. The van der Waals surface area contributed by atoms with E-state index in [2.05, 4.69) is 9.62 Å². The monoisotopic (exact) mass is 478 g/mol. The Hall–Kier alpha value is -1.96. The van der Waals surface area contributed by atoms with Gasteiger partial charge in [0.15, 0.2) is 0 Å². The summed E-state index contributed by atoms with van der Waals surface area (Å²) in [5, 5.41) is 1.31. The van der Waals surface area contributed by atoms with E-state index in [1.54, 1.807) is 0 Å². The van der Waals surface area contributed by atoms with Crippen molar-refractivity contribution in [1.29, 1.82) is 0 Å². The van der Waals surface area contributed by atoms with Crippen molar-refractivity contribution in [1.82, 2.24) is 9.62 Å². The van der Waals surface area contributed by atoms with Crippen LogP contribution < -0.4 is 4.72 Å². The molecule has 1 saturated heterocycles. The second-order valence-corrected chi connectivity index (χ2v) is 10.2. The van der Waals surface area contributed by atoms with Gasteiger partial charge in [-0.25, -0.2) is 17.5 Å². The zero-order valence-corrected chi connectivity index (χ0v) is 19.0. The van der Waals surface area contributed by atoms with E-state index in [9.17, 15) is 12.8 Å². The fourth-order valence-corrected chi connectivity index (χ4v) is 5.41. The molecule has 31 heavy (non-hydrogen) atoms. The van der Waals surface area contributed by atoms with E-state index >= 15 is 0 Å². The van der Waals surface area contributed by atoms with Crippen molar-refractivity contribution >= 4 is 33.2 Å². The predicted octanol–water partition coefficient (Wildman–Crippen LogP) is 5.27. The summed E-state index contributed by atoms with van der Waals surface area (Å²) >= 11 is 12.1. The molecule has 1 N–H and O–H groups in total. The predicted molar refractivity (Wildman–Crippen MR) is 121 cm³/mol. The Morgan fingerprint density at radius 1 is 0.903 bits per heavy atom. The van der Waals surface area contributed by atoms with E-state index < -0.39 is 15.8 Å². The fraction of sp³-hybridized carbons (Fsp3) is 0.217. The lowest BCUT2D eigenvalue weighted by molar-refractivity contribution is 0.0370. The topological polar surface area (TPSA) is 49.4 Å². The zero-order valence-electron chi connectivity index (χ0n) is 16.7. The lowest BCUT2D eigenvalue weighted by atomic mass is 9.89. The van der Waals surface area contributed by atoms with E-state index in [0.717, 1.165) is 23.3 Å². The first-order valence-corrected chi connectivity index (χ1v) is 12.0. The standard InChI is InChI=1S/C23H21Cl2FN2O2S/c1-15-22(27-31(29,30)21-12-10-20(26)11-13-21)14-28(15)23(16-2-6-18(24)7-3-16)17-4-8-19(25)9-5-17/h2-13,15,22-23,27H,14H2,1H3/t15-,22+/m0/s1. The molecule has 4 nitrogen and oxygen atoms in total. The first-order valence-electron chi connectivity index (χ1n) is 9.79. The molecule has 0 spiro atoms. The van der Waals surface area contributed by atoms with Crippen LogP contribution in [0.25, 0.3) is 0 Å². The van der Waals surface area contributed by atoms with Crippen molar-refractivity contribution in [3.05, 3.63) is 99.8 Å². The maximum Gasteiger partial charge on any atom is 0.240 e. The lowest BCUT2D eigenvalue weighted by Crippen LogP contribution is -2.66. The van der Waals surface area contributed by atoms with Crippen LogP contribution in [0.1, 0.15) is 24.1 Å². The Kier molecular flexibility index (Phi) is 6.37. The van der Waals surface area contributed by atoms with Crippen LogP contribution in [-0.2, 0) is 10.0 Å². The van der Waals surface area contributed by atoms with Crippen LogP contribution in [0.2, 0.25) is 10.0 Å². The van der Waals surface area contributed by atoms with Gasteiger partial charge in [-0.05, 0) is 66.6 Å². The van der Waals surface area contributed by atoms with Crippen LogP contribution in [-0.4, -0.2) is 31.9 Å². The van der Waals surface area contributed by atoms with Crippen molar-refractivity contribution < 1.29 is 12.8 Å². The molecule has 0 aromatic heterocycles. The van der Waals surface area contributed by atoms with Crippen molar-refractivity contribution in [2.75, 3.05) is 6.54 Å². The summed E-state index contributed by atoms with van der Waals surface area (Å²) in [7, 11) is -3.74. The average molecular weight is 479 g/mol. The van der Waals surface area contributed by atoms with Gasteiger partial charge in [-0.1, -0.05) is 47.5 Å². The summed E-state index contributed by atoms with van der Waals surface area (Å²) in [5.41, 5.74) is 2.11. The molecular formula is C23H21Cl2FN2O2S. The Morgan fingerprint density at radius 3 is 1.84 bits per heavy atom. The molecule has 3 aromatic carbocycles. The highest BCUT2D eigenvalue weighted by Crippen LogP contribution is 2.37. The minimum absolute atomic E-state index is 0.0477.